The summed E-state index contributed by atoms with van der Waals surface area (Å²) in [6.07, 6.45) is 7.81. The average Bonchev–Trinajstić information content (AvgIpc) is 2.57. The molecule has 0 aromatic heterocycles. The van der Waals surface area contributed by atoms with Gasteiger partial charge in [0.1, 0.15) is 0 Å². The molecule has 6 heteroatoms. The van der Waals surface area contributed by atoms with Gasteiger partial charge in [0.2, 0.25) is 0 Å². The van der Waals surface area contributed by atoms with E-state index in [0.29, 0.717) is 6.04 Å². The van der Waals surface area contributed by atoms with Gasteiger partial charge in [-0.25, -0.2) is 0 Å². The molecule has 0 aromatic carbocycles. The molecule has 2 aliphatic heterocycles. The third-order valence-electron chi connectivity index (χ3n) is 5.32. The quantitative estimate of drug-likeness (QED) is 0.370. The fourth-order valence-electron chi connectivity index (χ4n) is 3.81. The minimum absolute atomic E-state index is 0. The van der Waals surface area contributed by atoms with Crippen molar-refractivity contribution in [3.8, 4) is 0 Å². The largest absolute Gasteiger partial charge is 0.355 e. The van der Waals surface area contributed by atoms with Crippen LogP contribution in [0.1, 0.15) is 52.4 Å². The van der Waals surface area contributed by atoms with Crippen molar-refractivity contribution in [2.75, 3.05) is 46.3 Å². The molecule has 142 valence electrons. The Morgan fingerprint density at radius 3 is 2.46 bits per heavy atom. The van der Waals surface area contributed by atoms with Crippen molar-refractivity contribution in [2.45, 2.75) is 64.5 Å². The summed E-state index contributed by atoms with van der Waals surface area (Å²) in [5, 5.41) is 7.12. The number of likely N-dealkylation sites (tertiary alicyclic amines) is 2. The molecule has 0 saturated carbocycles. The van der Waals surface area contributed by atoms with Gasteiger partial charge in [-0.3, -0.25) is 9.89 Å². The van der Waals surface area contributed by atoms with Gasteiger partial charge in [0.25, 0.3) is 0 Å². The molecule has 5 nitrogen and oxygen atoms in total. The molecule has 2 rings (SSSR count). The average molecular weight is 451 g/mol. The first kappa shape index (κ1) is 22.0. The SMILES string of the molecule is CCCN1CCC(NC(=NC)NCCN2CCCCC2C)CC1.I. The van der Waals surface area contributed by atoms with Crippen LogP contribution in [0, 0.1) is 0 Å². The lowest BCUT2D eigenvalue weighted by Crippen LogP contribution is -2.50. The number of nitrogens with one attached hydrogen (secondary N) is 2. The first-order valence-corrected chi connectivity index (χ1v) is 9.66. The fourth-order valence-corrected chi connectivity index (χ4v) is 3.81. The second-order valence-electron chi connectivity index (χ2n) is 7.14. The summed E-state index contributed by atoms with van der Waals surface area (Å²) >= 11 is 0. The molecule has 2 aliphatic rings. The highest BCUT2D eigenvalue weighted by Crippen LogP contribution is 2.15. The van der Waals surface area contributed by atoms with E-state index >= 15 is 0 Å². The Hall–Kier alpha value is -0.0800. The molecular formula is C18H38IN5. The van der Waals surface area contributed by atoms with Gasteiger partial charge in [-0.15, -0.1) is 24.0 Å². The van der Waals surface area contributed by atoms with Crippen molar-refractivity contribution in [3.63, 3.8) is 0 Å². The number of guanidine groups is 1. The second-order valence-corrected chi connectivity index (χ2v) is 7.14. The van der Waals surface area contributed by atoms with Crippen LogP contribution in [0.3, 0.4) is 0 Å². The molecular weight excluding hydrogens is 413 g/mol. The third-order valence-corrected chi connectivity index (χ3v) is 5.32. The summed E-state index contributed by atoms with van der Waals surface area (Å²) in [5.41, 5.74) is 0. The highest BCUT2D eigenvalue weighted by Gasteiger charge is 2.20. The predicted octanol–water partition coefficient (Wildman–Crippen LogP) is 2.52. The monoisotopic (exact) mass is 451 g/mol. The fraction of sp³-hybridized carbons (Fsp3) is 0.944. The lowest BCUT2D eigenvalue weighted by molar-refractivity contribution is 0.163. The summed E-state index contributed by atoms with van der Waals surface area (Å²) in [6.45, 7) is 11.7. The van der Waals surface area contributed by atoms with Crippen LogP contribution in [-0.4, -0.2) is 74.2 Å². The van der Waals surface area contributed by atoms with Crippen molar-refractivity contribution in [3.05, 3.63) is 0 Å². The van der Waals surface area contributed by atoms with Crippen LogP contribution < -0.4 is 10.6 Å². The van der Waals surface area contributed by atoms with Crippen molar-refractivity contribution in [2.24, 2.45) is 4.99 Å². The second kappa shape index (κ2) is 12.3. The number of aliphatic imine (C=N–C) groups is 1. The van der Waals surface area contributed by atoms with Crippen molar-refractivity contribution < 1.29 is 0 Å². The molecule has 0 spiro atoms. The van der Waals surface area contributed by atoms with Crippen LogP contribution in [0.4, 0.5) is 0 Å². The molecule has 2 N–H and O–H groups in total. The van der Waals surface area contributed by atoms with Crippen molar-refractivity contribution >= 4 is 29.9 Å². The highest BCUT2D eigenvalue weighted by atomic mass is 127. The standard InChI is InChI=1S/C18H37N5.HI/c1-4-11-22-13-8-17(9-14-22)21-18(19-3)20-10-15-23-12-6-5-7-16(23)2;/h16-17H,4-15H2,1-3H3,(H2,19,20,21);1H. The van der Waals surface area contributed by atoms with E-state index in [9.17, 15) is 0 Å². The lowest BCUT2D eigenvalue weighted by atomic mass is 10.0. The molecule has 0 bridgehead atoms. The maximum absolute atomic E-state index is 4.40. The molecule has 0 aliphatic carbocycles. The highest BCUT2D eigenvalue weighted by molar-refractivity contribution is 14.0. The first-order chi connectivity index (χ1) is 11.2. The maximum Gasteiger partial charge on any atom is 0.191 e. The van der Waals surface area contributed by atoms with E-state index in [1.165, 1.54) is 64.7 Å². The van der Waals surface area contributed by atoms with Gasteiger partial charge in [0.05, 0.1) is 0 Å². The van der Waals surface area contributed by atoms with Gasteiger partial charge < -0.3 is 15.5 Å². The molecule has 1 atom stereocenters. The maximum atomic E-state index is 4.40. The summed E-state index contributed by atoms with van der Waals surface area (Å²) in [4.78, 5) is 9.58. The summed E-state index contributed by atoms with van der Waals surface area (Å²) in [5.74, 6) is 0.976. The van der Waals surface area contributed by atoms with Crippen LogP contribution >= 0.6 is 24.0 Å². The molecule has 2 fully saturated rings. The van der Waals surface area contributed by atoms with Gasteiger partial charge in [-0.1, -0.05) is 13.3 Å². The topological polar surface area (TPSA) is 42.9 Å². The summed E-state index contributed by atoms with van der Waals surface area (Å²) in [7, 11) is 1.88. The Labute approximate surface area is 166 Å². The number of nitrogens with zero attached hydrogens (tertiary/aromatic N) is 3. The molecule has 0 radical (unpaired) electrons. The minimum Gasteiger partial charge on any atom is -0.355 e. The van der Waals surface area contributed by atoms with Crippen LogP contribution in [0.25, 0.3) is 0 Å². The predicted molar refractivity (Wildman–Crippen MR) is 115 cm³/mol. The zero-order valence-corrected chi connectivity index (χ0v) is 18.2. The Morgan fingerprint density at radius 2 is 1.83 bits per heavy atom. The number of piperidine rings is 2. The van der Waals surface area contributed by atoms with E-state index in [1.54, 1.807) is 0 Å². The van der Waals surface area contributed by atoms with Gasteiger partial charge in [-0.2, -0.15) is 0 Å². The zero-order valence-electron chi connectivity index (χ0n) is 15.9. The lowest BCUT2D eigenvalue weighted by Gasteiger charge is -2.34. The van der Waals surface area contributed by atoms with Gasteiger partial charge in [0, 0.05) is 45.3 Å². The van der Waals surface area contributed by atoms with Crippen LogP contribution in [0.15, 0.2) is 4.99 Å². The molecule has 2 saturated heterocycles. The smallest absolute Gasteiger partial charge is 0.191 e. The van der Waals surface area contributed by atoms with E-state index in [2.05, 4.69) is 39.3 Å². The van der Waals surface area contributed by atoms with Crippen LogP contribution in [0.5, 0.6) is 0 Å². The number of hydrogen-bond acceptors (Lipinski definition) is 3. The van der Waals surface area contributed by atoms with E-state index in [0.717, 1.165) is 25.1 Å². The van der Waals surface area contributed by atoms with Crippen LogP contribution in [-0.2, 0) is 0 Å². The van der Waals surface area contributed by atoms with Crippen molar-refractivity contribution in [1.82, 2.24) is 20.4 Å². The Morgan fingerprint density at radius 1 is 1.08 bits per heavy atom. The molecule has 0 aromatic rings. The summed E-state index contributed by atoms with van der Waals surface area (Å²) in [6, 6.07) is 1.31. The van der Waals surface area contributed by atoms with E-state index in [4.69, 9.17) is 0 Å². The normalized spacial score (nSPS) is 24.5. The van der Waals surface area contributed by atoms with Gasteiger partial charge in [0.15, 0.2) is 5.96 Å². The number of hydrogen-bond donors (Lipinski definition) is 2. The number of halogens is 1. The Kier molecular flexibility index (Phi) is 11.3. The molecule has 2 heterocycles. The molecule has 24 heavy (non-hydrogen) atoms. The first-order valence-electron chi connectivity index (χ1n) is 9.66. The third kappa shape index (κ3) is 7.44. The summed E-state index contributed by atoms with van der Waals surface area (Å²) < 4.78 is 0. The zero-order chi connectivity index (χ0) is 16.5. The molecule has 1 unspecified atom stereocenters. The number of rotatable bonds is 6. The molecule has 0 amide bonds. The van der Waals surface area contributed by atoms with Gasteiger partial charge >= 0.3 is 0 Å². The van der Waals surface area contributed by atoms with Crippen LogP contribution in [0.2, 0.25) is 0 Å². The van der Waals surface area contributed by atoms with Gasteiger partial charge in [-0.05, 0) is 52.1 Å². The Balaban J connectivity index is 0.00000288. The van der Waals surface area contributed by atoms with E-state index < -0.39 is 0 Å². The van der Waals surface area contributed by atoms with Crippen molar-refractivity contribution in [1.29, 1.82) is 0 Å². The Bertz CT molecular complexity index is 355. The van der Waals surface area contributed by atoms with E-state index in [-0.39, 0.29) is 24.0 Å². The van der Waals surface area contributed by atoms with E-state index in [1.807, 2.05) is 7.05 Å². The minimum atomic E-state index is 0.